The maximum absolute atomic E-state index is 5.83. The highest BCUT2D eigenvalue weighted by molar-refractivity contribution is 6.16. The Hall–Kier alpha value is -2.13. The Morgan fingerprint density at radius 3 is 2.19 bits per heavy atom. The molecule has 0 atom stereocenters. The topological polar surface area (TPSA) is 30.7 Å². The van der Waals surface area contributed by atoms with Crippen molar-refractivity contribution in [1.82, 2.24) is 14.8 Å². The molecule has 3 nitrogen and oxygen atoms in total. The lowest BCUT2D eigenvalue weighted by molar-refractivity contribution is 0.755. The fourth-order valence-electron chi connectivity index (χ4n) is 2.26. The largest absolute Gasteiger partial charge is 0.312 e. The first-order valence-electron chi connectivity index (χ1n) is 6.85. The lowest BCUT2D eigenvalue weighted by Gasteiger charge is -2.07. The van der Waals surface area contributed by atoms with Crippen molar-refractivity contribution in [3.8, 4) is 11.1 Å². The van der Waals surface area contributed by atoms with E-state index in [1.807, 2.05) is 4.57 Å². The molecule has 1 aromatic heterocycles. The second-order valence-electron chi connectivity index (χ2n) is 5.07. The molecule has 4 heteroatoms. The number of nitrogens with zero attached hydrogens (tertiary/aromatic N) is 3. The highest BCUT2D eigenvalue weighted by Crippen LogP contribution is 2.20. The second kappa shape index (κ2) is 6.10. The van der Waals surface area contributed by atoms with Gasteiger partial charge in [0.1, 0.15) is 12.2 Å². The van der Waals surface area contributed by atoms with E-state index in [1.165, 1.54) is 22.3 Å². The number of halogens is 1. The normalized spacial score (nSPS) is 10.8. The van der Waals surface area contributed by atoms with Gasteiger partial charge in [-0.15, -0.1) is 21.8 Å². The quantitative estimate of drug-likeness (QED) is 0.680. The van der Waals surface area contributed by atoms with Gasteiger partial charge in [0.2, 0.25) is 0 Å². The molecule has 0 aliphatic rings. The molecule has 0 fully saturated rings. The second-order valence-corrected chi connectivity index (χ2v) is 5.34. The molecule has 0 bridgehead atoms. The molecule has 0 saturated heterocycles. The first-order valence-corrected chi connectivity index (χ1v) is 7.38. The third-order valence-corrected chi connectivity index (χ3v) is 3.75. The fourth-order valence-corrected chi connectivity index (χ4v) is 2.47. The molecule has 0 radical (unpaired) electrons. The summed E-state index contributed by atoms with van der Waals surface area (Å²) in [5, 5.41) is 7.88. The van der Waals surface area contributed by atoms with Gasteiger partial charge in [0, 0.05) is 0 Å². The third kappa shape index (κ3) is 3.14. The van der Waals surface area contributed by atoms with Crippen molar-refractivity contribution in [3.63, 3.8) is 0 Å². The predicted octanol–water partition coefficient (Wildman–Crippen LogP) is 4.04. The number of aromatic nitrogens is 3. The minimum Gasteiger partial charge on any atom is -0.312 e. The maximum atomic E-state index is 5.83. The molecule has 2 aromatic carbocycles. The Morgan fingerprint density at radius 1 is 0.952 bits per heavy atom. The van der Waals surface area contributed by atoms with Crippen LogP contribution in [0.4, 0.5) is 0 Å². The van der Waals surface area contributed by atoms with Gasteiger partial charge in [-0.05, 0) is 23.6 Å². The lowest BCUT2D eigenvalue weighted by Crippen LogP contribution is -2.02. The van der Waals surface area contributed by atoms with Crippen LogP contribution in [-0.4, -0.2) is 14.8 Å². The summed E-state index contributed by atoms with van der Waals surface area (Å²) < 4.78 is 1.97. The molecule has 106 valence electrons. The summed E-state index contributed by atoms with van der Waals surface area (Å²) in [6, 6.07) is 17.1. The van der Waals surface area contributed by atoms with E-state index in [-0.39, 0.29) is 0 Å². The molecular formula is C17H16ClN3. The van der Waals surface area contributed by atoms with Crippen LogP contribution in [0.2, 0.25) is 0 Å². The molecular weight excluding hydrogens is 282 g/mol. The summed E-state index contributed by atoms with van der Waals surface area (Å²) >= 11 is 5.83. The van der Waals surface area contributed by atoms with Gasteiger partial charge in [-0.2, -0.15) is 0 Å². The maximum Gasteiger partial charge on any atom is 0.148 e. The molecule has 0 amide bonds. The van der Waals surface area contributed by atoms with Crippen molar-refractivity contribution in [2.45, 2.75) is 19.3 Å². The van der Waals surface area contributed by atoms with Crippen LogP contribution in [0, 0.1) is 6.92 Å². The molecule has 0 spiro atoms. The molecule has 0 aliphatic carbocycles. The molecule has 21 heavy (non-hydrogen) atoms. The summed E-state index contributed by atoms with van der Waals surface area (Å²) in [4.78, 5) is 0. The van der Waals surface area contributed by atoms with Gasteiger partial charge in [0.25, 0.3) is 0 Å². The Morgan fingerprint density at radius 2 is 1.57 bits per heavy atom. The number of hydrogen-bond donors (Lipinski definition) is 0. The summed E-state index contributed by atoms with van der Waals surface area (Å²) in [6.45, 7) is 2.84. The number of alkyl halides is 1. The monoisotopic (exact) mass is 297 g/mol. The summed E-state index contributed by atoms with van der Waals surface area (Å²) in [5.41, 5.74) is 4.94. The van der Waals surface area contributed by atoms with Gasteiger partial charge in [-0.25, -0.2) is 0 Å². The van der Waals surface area contributed by atoms with E-state index in [4.69, 9.17) is 11.6 Å². The summed E-state index contributed by atoms with van der Waals surface area (Å²) in [6.07, 6.45) is 1.71. The first-order chi connectivity index (χ1) is 10.3. The standard InChI is InChI=1S/C17H16ClN3/c1-13-2-6-15(7-3-13)16-8-4-14(5-9-16)11-21-12-19-20-17(21)10-18/h2-9,12H,10-11H2,1H3. The van der Waals surface area contributed by atoms with Gasteiger partial charge in [-0.3, -0.25) is 0 Å². The number of hydrogen-bond acceptors (Lipinski definition) is 2. The average molecular weight is 298 g/mol. The van der Waals surface area contributed by atoms with Gasteiger partial charge in [0.05, 0.1) is 12.4 Å². The number of aryl methyl sites for hydroxylation is 1. The minimum atomic E-state index is 0.376. The van der Waals surface area contributed by atoms with Crippen molar-refractivity contribution in [2.75, 3.05) is 0 Å². The van der Waals surface area contributed by atoms with Crippen molar-refractivity contribution < 1.29 is 0 Å². The van der Waals surface area contributed by atoms with E-state index in [0.717, 1.165) is 12.4 Å². The molecule has 0 aliphatic heterocycles. The Kier molecular flexibility index (Phi) is 4.02. The van der Waals surface area contributed by atoms with Crippen LogP contribution in [0.15, 0.2) is 54.9 Å². The van der Waals surface area contributed by atoms with Crippen molar-refractivity contribution in [1.29, 1.82) is 0 Å². The highest BCUT2D eigenvalue weighted by Gasteiger charge is 2.04. The molecule has 3 aromatic rings. The van der Waals surface area contributed by atoms with Gasteiger partial charge in [-0.1, -0.05) is 54.1 Å². The van der Waals surface area contributed by atoms with Gasteiger partial charge in [0.15, 0.2) is 0 Å². The average Bonchev–Trinajstić information content (AvgIpc) is 2.96. The van der Waals surface area contributed by atoms with Crippen LogP contribution < -0.4 is 0 Å². The fraction of sp³-hybridized carbons (Fsp3) is 0.176. The molecule has 0 unspecified atom stereocenters. The SMILES string of the molecule is Cc1ccc(-c2ccc(Cn3cnnc3CCl)cc2)cc1. The van der Waals surface area contributed by atoms with Crippen molar-refractivity contribution in [3.05, 3.63) is 71.8 Å². The van der Waals surface area contributed by atoms with Crippen LogP contribution in [-0.2, 0) is 12.4 Å². The van der Waals surface area contributed by atoms with E-state index in [0.29, 0.717) is 5.88 Å². The van der Waals surface area contributed by atoms with E-state index in [9.17, 15) is 0 Å². The van der Waals surface area contributed by atoms with E-state index >= 15 is 0 Å². The minimum absolute atomic E-state index is 0.376. The van der Waals surface area contributed by atoms with Gasteiger partial charge >= 0.3 is 0 Å². The van der Waals surface area contributed by atoms with Crippen molar-refractivity contribution >= 4 is 11.6 Å². The van der Waals surface area contributed by atoms with Crippen LogP contribution >= 0.6 is 11.6 Å². The first kappa shape index (κ1) is 13.8. The third-order valence-electron chi connectivity index (χ3n) is 3.51. The molecule has 1 heterocycles. The molecule has 0 saturated carbocycles. The summed E-state index contributed by atoms with van der Waals surface area (Å²) in [7, 11) is 0. The Bertz CT molecular complexity index is 715. The summed E-state index contributed by atoms with van der Waals surface area (Å²) in [5.74, 6) is 1.17. The zero-order valence-electron chi connectivity index (χ0n) is 11.8. The number of benzene rings is 2. The molecule has 3 rings (SSSR count). The molecule has 0 N–H and O–H groups in total. The van der Waals surface area contributed by atoms with E-state index in [2.05, 4.69) is 65.7 Å². The van der Waals surface area contributed by atoms with E-state index in [1.54, 1.807) is 6.33 Å². The lowest BCUT2D eigenvalue weighted by atomic mass is 10.0. The zero-order valence-corrected chi connectivity index (χ0v) is 12.6. The van der Waals surface area contributed by atoms with Gasteiger partial charge < -0.3 is 4.57 Å². The van der Waals surface area contributed by atoms with Crippen LogP contribution in [0.25, 0.3) is 11.1 Å². The van der Waals surface area contributed by atoms with Crippen LogP contribution in [0.5, 0.6) is 0 Å². The van der Waals surface area contributed by atoms with Crippen molar-refractivity contribution in [2.24, 2.45) is 0 Å². The van der Waals surface area contributed by atoms with E-state index < -0.39 is 0 Å². The smallest absolute Gasteiger partial charge is 0.148 e. The zero-order chi connectivity index (χ0) is 14.7. The Balaban J connectivity index is 1.79. The van der Waals surface area contributed by atoms with Crippen LogP contribution in [0.3, 0.4) is 0 Å². The predicted molar refractivity (Wildman–Crippen MR) is 85.3 cm³/mol. The highest BCUT2D eigenvalue weighted by atomic mass is 35.5. The van der Waals surface area contributed by atoms with Crippen LogP contribution in [0.1, 0.15) is 17.0 Å². The number of rotatable bonds is 4. The Labute approximate surface area is 129 Å².